The minimum absolute atomic E-state index is 0.0670. The number of allylic oxidation sites excluding steroid dienone is 2. The lowest BCUT2D eigenvalue weighted by molar-refractivity contribution is -0.139. The molecule has 0 bridgehead atoms. The number of nitrogens with zero attached hydrogens (tertiary/aromatic N) is 2. The third-order valence-electron chi connectivity index (χ3n) is 7.79. The number of amides is 6. The number of benzene rings is 1. The van der Waals surface area contributed by atoms with E-state index in [0.717, 1.165) is 4.90 Å². The van der Waals surface area contributed by atoms with Crippen LogP contribution in [0.2, 0.25) is 0 Å². The quantitative estimate of drug-likeness (QED) is 0.340. The Morgan fingerprint density at radius 3 is 2.46 bits per heavy atom. The molecule has 2 aliphatic heterocycles. The molecule has 12 heteroatoms. The number of phenolic OH excluding ortho intramolecular Hbond substituents is 1. The molecular formula is C23H21Cl2N3O7. The molecule has 0 spiro atoms. The molecule has 3 fully saturated rings. The fourth-order valence-corrected chi connectivity index (χ4v) is 7.28. The molecule has 6 amide bonds. The van der Waals surface area contributed by atoms with E-state index in [0.29, 0.717) is 10.5 Å². The molecule has 1 saturated carbocycles. The molecule has 2 heterocycles. The maximum atomic E-state index is 13.5. The number of halogens is 2. The molecular weight excluding hydrogens is 501 g/mol. The van der Waals surface area contributed by atoms with Gasteiger partial charge in [-0.1, -0.05) is 17.7 Å². The number of urea groups is 1. The molecule has 2 saturated heterocycles. The predicted molar refractivity (Wildman–Crippen MR) is 122 cm³/mol. The number of nitrogens with two attached hydrogens (primary N) is 1. The summed E-state index contributed by atoms with van der Waals surface area (Å²) in [5.41, 5.74) is 5.88. The lowest BCUT2D eigenvalue weighted by Gasteiger charge is -2.50. The van der Waals surface area contributed by atoms with Gasteiger partial charge in [0.1, 0.15) is 11.5 Å². The molecule has 0 aromatic heterocycles. The summed E-state index contributed by atoms with van der Waals surface area (Å²) in [6.07, 6.45) is 1.50. The lowest BCUT2D eigenvalue weighted by Crippen LogP contribution is -2.60. The van der Waals surface area contributed by atoms with Crippen LogP contribution < -0.4 is 10.5 Å². The number of carbonyl (C=O) groups excluding carboxylic acids is 5. The number of methoxy groups -OCH3 is 1. The first kappa shape index (κ1) is 23.6. The van der Waals surface area contributed by atoms with Gasteiger partial charge in [0.05, 0.1) is 18.9 Å². The van der Waals surface area contributed by atoms with Crippen LogP contribution in [-0.4, -0.2) is 68.5 Å². The average molecular weight is 522 g/mol. The molecule has 1 aromatic carbocycles. The number of fused-ring (bicyclic) bond motifs is 4. The van der Waals surface area contributed by atoms with Crippen molar-refractivity contribution in [3.05, 3.63) is 35.4 Å². The van der Waals surface area contributed by atoms with Crippen LogP contribution in [0.3, 0.4) is 0 Å². The zero-order valence-corrected chi connectivity index (χ0v) is 20.2. The number of alkyl halides is 2. The Kier molecular flexibility index (Phi) is 5.02. The monoisotopic (exact) mass is 521 g/mol. The first-order valence-electron chi connectivity index (χ1n) is 10.8. The predicted octanol–water partition coefficient (Wildman–Crippen LogP) is 1.47. The van der Waals surface area contributed by atoms with E-state index in [1.807, 2.05) is 0 Å². The zero-order valence-electron chi connectivity index (χ0n) is 18.7. The first-order chi connectivity index (χ1) is 16.4. The van der Waals surface area contributed by atoms with Crippen LogP contribution in [0.4, 0.5) is 4.79 Å². The van der Waals surface area contributed by atoms with Crippen molar-refractivity contribution in [2.75, 3.05) is 14.2 Å². The largest absolute Gasteiger partial charge is 0.508 e. The van der Waals surface area contributed by atoms with Gasteiger partial charge < -0.3 is 15.6 Å². The third-order valence-corrected chi connectivity index (χ3v) is 9.20. The van der Waals surface area contributed by atoms with E-state index in [4.69, 9.17) is 33.7 Å². The average Bonchev–Trinajstić information content (AvgIpc) is 3.14. The Bertz CT molecular complexity index is 1270. The molecule has 6 atom stereocenters. The van der Waals surface area contributed by atoms with E-state index in [-0.39, 0.29) is 29.9 Å². The Hall–Kier alpha value is -3.11. The normalized spacial score (nSPS) is 36.1. The summed E-state index contributed by atoms with van der Waals surface area (Å²) in [6.45, 7) is 0. The molecule has 1 aromatic rings. The number of imide groups is 4. The van der Waals surface area contributed by atoms with Gasteiger partial charge in [-0.05, 0) is 30.9 Å². The number of hydrogen-bond donors (Lipinski definition) is 2. The van der Waals surface area contributed by atoms with E-state index in [9.17, 15) is 29.1 Å². The first-order valence-corrected chi connectivity index (χ1v) is 11.6. The Morgan fingerprint density at radius 1 is 1.14 bits per heavy atom. The Morgan fingerprint density at radius 2 is 1.83 bits per heavy atom. The van der Waals surface area contributed by atoms with Crippen molar-refractivity contribution >= 4 is 52.9 Å². The van der Waals surface area contributed by atoms with Gasteiger partial charge >= 0.3 is 6.03 Å². The summed E-state index contributed by atoms with van der Waals surface area (Å²) < 4.78 is 5.46. The summed E-state index contributed by atoms with van der Waals surface area (Å²) >= 11 is 14.0. The van der Waals surface area contributed by atoms with Crippen molar-refractivity contribution in [2.24, 2.45) is 23.5 Å². The standard InChI is InChI=1S/C23H21Cl2N3O7/c1-27-19(32)22(24)8-11-9(6-7-10-14(11)18(31)28(17(10)30)21(26)34)16(23(22,25)20(27)33)15-12(29)4-3-5-13(15)35-2/h3-6,10-11,14,16,29H,7-8H2,1-2H3,(H2,26,34). The van der Waals surface area contributed by atoms with Crippen molar-refractivity contribution in [1.82, 2.24) is 9.80 Å². The van der Waals surface area contributed by atoms with Crippen molar-refractivity contribution in [1.29, 1.82) is 0 Å². The van der Waals surface area contributed by atoms with E-state index in [1.165, 1.54) is 26.3 Å². The number of likely N-dealkylation sites (tertiary alicyclic amines) is 2. The molecule has 184 valence electrons. The summed E-state index contributed by atoms with van der Waals surface area (Å²) in [7, 11) is 2.63. The number of aromatic hydroxyl groups is 1. The zero-order chi connectivity index (χ0) is 25.6. The van der Waals surface area contributed by atoms with Crippen molar-refractivity contribution in [3.8, 4) is 11.5 Å². The van der Waals surface area contributed by atoms with Crippen LogP contribution in [0.5, 0.6) is 11.5 Å². The van der Waals surface area contributed by atoms with Crippen molar-refractivity contribution < 1.29 is 33.8 Å². The summed E-state index contributed by atoms with van der Waals surface area (Å²) in [5, 5.41) is 10.9. The summed E-state index contributed by atoms with van der Waals surface area (Å²) in [5.74, 6) is -7.04. The van der Waals surface area contributed by atoms with Crippen LogP contribution in [0.15, 0.2) is 29.8 Å². The number of carbonyl (C=O) groups is 5. The Labute approximate surface area is 209 Å². The fourth-order valence-electron chi connectivity index (χ4n) is 6.28. The van der Waals surface area contributed by atoms with Gasteiger partial charge in [0.25, 0.3) is 11.8 Å². The van der Waals surface area contributed by atoms with Crippen LogP contribution in [-0.2, 0) is 19.2 Å². The highest BCUT2D eigenvalue weighted by Crippen LogP contribution is 2.66. The second-order valence-electron chi connectivity index (χ2n) is 9.24. The van der Waals surface area contributed by atoms with Crippen LogP contribution in [0, 0.1) is 17.8 Å². The van der Waals surface area contributed by atoms with Gasteiger partial charge in [-0.2, -0.15) is 4.90 Å². The molecule has 2 aliphatic carbocycles. The molecule has 35 heavy (non-hydrogen) atoms. The van der Waals surface area contributed by atoms with Crippen molar-refractivity contribution in [3.63, 3.8) is 0 Å². The number of rotatable bonds is 2. The fraction of sp³-hybridized carbons (Fsp3) is 0.435. The lowest BCUT2D eigenvalue weighted by atomic mass is 9.56. The van der Waals surface area contributed by atoms with Gasteiger partial charge in [-0.3, -0.25) is 24.1 Å². The topological polar surface area (TPSA) is 147 Å². The number of phenols is 1. The minimum atomic E-state index is -2.06. The number of primary amides is 1. The number of ether oxygens (including phenoxy) is 1. The Balaban J connectivity index is 1.78. The van der Waals surface area contributed by atoms with Gasteiger partial charge in [-0.15, -0.1) is 23.2 Å². The second kappa shape index (κ2) is 7.44. The maximum absolute atomic E-state index is 13.5. The van der Waals surface area contributed by atoms with Crippen LogP contribution >= 0.6 is 23.2 Å². The van der Waals surface area contributed by atoms with Crippen molar-refractivity contribution in [2.45, 2.75) is 28.5 Å². The smallest absolute Gasteiger partial charge is 0.328 e. The second-order valence-corrected chi connectivity index (χ2v) is 10.5. The van der Waals surface area contributed by atoms with Gasteiger partial charge in [0.15, 0.2) is 9.75 Å². The van der Waals surface area contributed by atoms with Crippen LogP contribution in [0.25, 0.3) is 0 Å². The van der Waals surface area contributed by atoms with Gasteiger partial charge in [-0.25, -0.2) is 4.79 Å². The highest BCUT2D eigenvalue weighted by atomic mass is 35.5. The minimum Gasteiger partial charge on any atom is -0.508 e. The number of hydrogen-bond acceptors (Lipinski definition) is 7. The summed E-state index contributed by atoms with van der Waals surface area (Å²) in [6, 6.07) is 3.29. The van der Waals surface area contributed by atoms with E-state index in [1.54, 1.807) is 12.1 Å². The molecule has 4 aliphatic rings. The van der Waals surface area contributed by atoms with Gasteiger partial charge in [0, 0.05) is 18.5 Å². The third kappa shape index (κ3) is 2.69. The van der Waals surface area contributed by atoms with E-state index in [2.05, 4.69) is 0 Å². The maximum Gasteiger partial charge on any atom is 0.328 e. The summed E-state index contributed by atoms with van der Waals surface area (Å²) in [4.78, 5) is 61.9. The molecule has 6 unspecified atom stereocenters. The SMILES string of the molecule is COc1cccc(O)c1C1C2=CCC3C(=O)N(C(N)=O)C(=O)C3C2CC2(Cl)C(=O)N(C)C(=O)C12Cl. The molecule has 5 rings (SSSR count). The molecule has 10 nitrogen and oxygen atoms in total. The van der Waals surface area contributed by atoms with E-state index >= 15 is 0 Å². The van der Waals surface area contributed by atoms with E-state index < -0.39 is 63.1 Å². The molecule has 3 N–H and O–H groups in total. The van der Waals surface area contributed by atoms with Gasteiger partial charge in [0.2, 0.25) is 11.8 Å². The molecule has 0 radical (unpaired) electrons. The van der Waals surface area contributed by atoms with Crippen LogP contribution in [0.1, 0.15) is 24.3 Å². The highest BCUT2D eigenvalue weighted by Gasteiger charge is 2.76. The highest BCUT2D eigenvalue weighted by molar-refractivity contribution is 6.53.